The molecule has 0 aliphatic heterocycles. The van der Waals surface area contributed by atoms with Crippen molar-refractivity contribution in [2.45, 2.75) is 132 Å². The van der Waals surface area contributed by atoms with Crippen LogP contribution in [0.5, 0.6) is 0 Å². The predicted molar refractivity (Wildman–Crippen MR) is 180 cm³/mol. The molecule has 5 aliphatic rings. The molecule has 8 heteroatoms. The first kappa shape index (κ1) is 36.3. The summed E-state index contributed by atoms with van der Waals surface area (Å²) in [4.78, 5) is 25.5. The van der Waals surface area contributed by atoms with Crippen LogP contribution in [0.1, 0.15) is 107 Å². The standard InChI is InChI=1S/C39H60O8/c1-10-22(3)33(44)46-20-38(9)28-14-16-36(7)25-18-30(41)39(21-47-34(45)23(4)11-2)26(19-35(5,6)31(42)32(39)43)24(25)12-13-27(36)37(28,8)17-15-29(38)40/h10-12,25-32,40-43H,13-21H2,1-9H3/b22-10+,23-11+/t25?,26?,27?,28?,29-,30+,31-,32-,36-,37+,38+,39-/m0/s1. The molecule has 8 nitrogen and oxygen atoms in total. The number of hydrogen-bond donors (Lipinski definition) is 4. The lowest BCUT2D eigenvalue weighted by Crippen LogP contribution is -2.69. The van der Waals surface area contributed by atoms with Crippen molar-refractivity contribution in [3.63, 3.8) is 0 Å². The molecule has 4 saturated carbocycles. The molecule has 0 aromatic rings. The van der Waals surface area contributed by atoms with E-state index in [2.05, 4.69) is 26.8 Å². The largest absolute Gasteiger partial charge is 0.462 e. The number of carbonyl (C=O) groups excluding carboxylic acids is 2. The Morgan fingerprint density at radius 1 is 0.787 bits per heavy atom. The van der Waals surface area contributed by atoms with Crippen LogP contribution in [0.4, 0.5) is 0 Å². The van der Waals surface area contributed by atoms with E-state index in [1.54, 1.807) is 32.9 Å². The molecule has 0 radical (unpaired) electrons. The fraction of sp³-hybridized carbons (Fsp3) is 0.795. The van der Waals surface area contributed by atoms with Gasteiger partial charge in [0.25, 0.3) is 0 Å². The zero-order valence-corrected chi connectivity index (χ0v) is 30.1. The Kier molecular flexibility index (Phi) is 9.57. The minimum Gasteiger partial charge on any atom is -0.462 e. The van der Waals surface area contributed by atoms with E-state index in [4.69, 9.17) is 9.47 Å². The third kappa shape index (κ3) is 5.39. The minimum absolute atomic E-state index is 0.0617. The highest BCUT2D eigenvalue weighted by Crippen LogP contribution is 2.72. The molecule has 0 spiro atoms. The first-order valence-electron chi connectivity index (χ1n) is 17.9. The summed E-state index contributed by atoms with van der Waals surface area (Å²) in [6.45, 7) is 17.8. The molecule has 5 aliphatic carbocycles. The number of esters is 2. The second-order valence-corrected chi connectivity index (χ2v) is 17.3. The first-order chi connectivity index (χ1) is 21.8. The number of ether oxygens (including phenoxy) is 2. The molecular formula is C39H60O8. The summed E-state index contributed by atoms with van der Waals surface area (Å²) in [5.74, 6) is -0.590. The van der Waals surface area contributed by atoms with Gasteiger partial charge in [-0.1, -0.05) is 58.4 Å². The molecule has 0 aromatic heterocycles. The van der Waals surface area contributed by atoms with Crippen LogP contribution in [0.3, 0.4) is 0 Å². The SMILES string of the molecule is C/C=C(\C)C(=O)OC[C@@]12C(CC(C)(C)[C@@H](O)[C@@H]1O)C1=CCC3[C@@](C)(CCC4[C@]3(C)CC[C@H](O)[C@]4(C)COC(=O)/C(C)=C/C)C1C[C@H]2O. The summed E-state index contributed by atoms with van der Waals surface area (Å²) in [7, 11) is 0. The molecular weight excluding hydrogens is 596 g/mol. The smallest absolute Gasteiger partial charge is 0.333 e. The van der Waals surface area contributed by atoms with Crippen LogP contribution in [-0.4, -0.2) is 70.0 Å². The number of fused-ring (bicyclic) bond motifs is 7. The van der Waals surface area contributed by atoms with Crippen LogP contribution in [0.25, 0.3) is 0 Å². The maximum atomic E-state index is 12.8. The summed E-state index contributed by atoms with van der Waals surface area (Å²) in [6.07, 6.45) is 7.00. The lowest BCUT2D eigenvalue weighted by Gasteiger charge is -2.69. The van der Waals surface area contributed by atoms with E-state index >= 15 is 0 Å². The minimum atomic E-state index is -1.26. The average molecular weight is 657 g/mol. The molecule has 0 amide bonds. The fourth-order valence-corrected chi connectivity index (χ4v) is 11.3. The molecule has 4 unspecified atom stereocenters. The van der Waals surface area contributed by atoms with Crippen molar-refractivity contribution in [1.29, 1.82) is 0 Å². The van der Waals surface area contributed by atoms with Gasteiger partial charge in [-0.3, -0.25) is 0 Å². The van der Waals surface area contributed by atoms with Gasteiger partial charge in [-0.15, -0.1) is 0 Å². The number of allylic oxidation sites excluding steroid dienone is 4. The molecule has 0 heterocycles. The highest BCUT2D eigenvalue weighted by molar-refractivity contribution is 5.88. The topological polar surface area (TPSA) is 134 Å². The van der Waals surface area contributed by atoms with E-state index in [9.17, 15) is 30.0 Å². The Morgan fingerprint density at radius 3 is 1.96 bits per heavy atom. The number of aliphatic hydroxyl groups is 4. The van der Waals surface area contributed by atoms with E-state index in [1.165, 1.54) is 5.57 Å². The molecule has 0 aromatic carbocycles. The van der Waals surface area contributed by atoms with Gasteiger partial charge in [-0.2, -0.15) is 0 Å². The quantitative estimate of drug-likeness (QED) is 0.163. The Labute approximate surface area is 281 Å². The number of aliphatic hydroxyl groups excluding tert-OH is 4. The van der Waals surface area contributed by atoms with Gasteiger partial charge in [0, 0.05) is 16.6 Å². The van der Waals surface area contributed by atoms with E-state index in [-0.39, 0.29) is 53.7 Å². The van der Waals surface area contributed by atoms with Gasteiger partial charge in [0.1, 0.15) is 6.61 Å². The second-order valence-electron chi connectivity index (χ2n) is 17.3. The molecule has 4 N–H and O–H groups in total. The summed E-state index contributed by atoms with van der Waals surface area (Å²) >= 11 is 0. The zero-order valence-electron chi connectivity index (χ0n) is 30.1. The van der Waals surface area contributed by atoms with E-state index in [0.717, 1.165) is 25.7 Å². The summed E-state index contributed by atoms with van der Waals surface area (Å²) in [6, 6.07) is 0. The third-order valence-electron chi connectivity index (χ3n) is 14.6. The van der Waals surface area contributed by atoms with Gasteiger partial charge in [0.15, 0.2) is 0 Å². The monoisotopic (exact) mass is 656 g/mol. The maximum absolute atomic E-state index is 12.8. The van der Waals surface area contributed by atoms with Crippen molar-refractivity contribution in [2.75, 3.05) is 13.2 Å². The lowest BCUT2D eigenvalue weighted by molar-refractivity contribution is -0.247. The summed E-state index contributed by atoms with van der Waals surface area (Å²) < 4.78 is 11.7. The van der Waals surface area contributed by atoms with Crippen molar-refractivity contribution in [3.8, 4) is 0 Å². The molecule has 12 atom stereocenters. The molecule has 4 fully saturated rings. The normalized spacial score (nSPS) is 46.2. The maximum Gasteiger partial charge on any atom is 0.333 e. The van der Waals surface area contributed by atoms with E-state index in [1.807, 2.05) is 20.8 Å². The summed E-state index contributed by atoms with van der Waals surface area (Å²) in [5.41, 5.74) is -0.419. The Hall–Kier alpha value is -2.00. The summed E-state index contributed by atoms with van der Waals surface area (Å²) in [5, 5.41) is 46.8. The fourth-order valence-electron chi connectivity index (χ4n) is 11.3. The van der Waals surface area contributed by atoms with Crippen molar-refractivity contribution < 1.29 is 39.5 Å². The van der Waals surface area contributed by atoms with Crippen LogP contribution in [-0.2, 0) is 19.1 Å². The highest BCUT2D eigenvalue weighted by Gasteiger charge is 2.69. The van der Waals surface area contributed by atoms with Crippen molar-refractivity contribution in [3.05, 3.63) is 34.9 Å². The highest BCUT2D eigenvalue weighted by atomic mass is 16.5. The Morgan fingerprint density at radius 2 is 1.36 bits per heavy atom. The molecule has 0 bridgehead atoms. The van der Waals surface area contributed by atoms with Crippen LogP contribution in [0, 0.1) is 50.7 Å². The van der Waals surface area contributed by atoms with E-state index in [0.29, 0.717) is 30.4 Å². The first-order valence-corrected chi connectivity index (χ1v) is 17.9. The lowest BCUT2D eigenvalue weighted by atomic mass is 9.36. The van der Waals surface area contributed by atoms with Gasteiger partial charge in [-0.25, -0.2) is 9.59 Å². The number of carbonyl (C=O) groups is 2. The van der Waals surface area contributed by atoms with Gasteiger partial charge in [0.05, 0.1) is 36.4 Å². The second kappa shape index (κ2) is 12.4. The van der Waals surface area contributed by atoms with Gasteiger partial charge in [-0.05, 0) is 113 Å². The third-order valence-corrected chi connectivity index (χ3v) is 14.6. The van der Waals surface area contributed by atoms with Crippen molar-refractivity contribution >= 4 is 11.9 Å². The van der Waals surface area contributed by atoms with Crippen molar-refractivity contribution in [1.82, 2.24) is 0 Å². The van der Waals surface area contributed by atoms with Crippen molar-refractivity contribution in [2.24, 2.45) is 50.7 Å². The van der Waals surface area contributed by atoms with Crippen LogP contribution in [0.2, 0.25) is 0 Å². The Balaban J connectivity index is 1.52. The molecule has 47 heavy (non-hydrogen) atoms. The zero-order chi connectivity index (χ0) is 34.9. The average Bonchev–Trinajstić information content (AvgIpc) is 3.03. The number of hydrogen-bond acceptors (Lipinski definition) is 8. The van der Waals surface area contributed by atoms with Crippen LogP contribution >= 0.6 is 0 Å². The van der Waals surface area contributed by atoms with Crippen LogP contribution in [0.15, 0.2) is 34.9 Å². The number of rotatable bonds is 6. The molecule has 0 saturated heterocycles. The molecule has 264 valence electrons. The van der Waals surface area contributed by atoms with Gasteiger partial charge >= 0.3 is 11.9 Å². The van der Waals surface area contributed by atoms with Crippen LogP contribution < -0.4 is 0 Å². The van der Waals surface area contributed by atoms with Gasteiger partial charge < -0.3 is 29.9 Å². The van der Waals surface area contributed by atoms with E-state index < -0.39 is 46.6 Å². The Bertz CT molecular complexity index is 1350. The predicted octanol–water partition coefficient (Wildman–Crippen LogP) is 5.67. The van der Waals surface area contributed by atoms with Gasteiger partial charge in [0.2, 0.25) is 0 Å². The molecule has 5 rings (SSSR count).